The molecule has 0 saturated heterocycles. The Bertz CT molecular complexity index is 1040. The first-order valence-corrected chi connectivity index (χ1v) is 10.8. The molecule has 0 spiro atoms. The summed E-state index contributed by atoms with van der Waals surface area (Å²) in [5, 5.41) is 10.7. The highest BCUT2D eigenvalue weighted by atomic mass is 16.7. The van der Waals surface area contributed by atoms with Crippen LogP contribution in [0, 0.1) is 0 Å². The number of para-hydroxylation sites is 1. The van der Waals surface area contributed by atoms with Crippen LogP contribution >= 0.6 is 0 Å². The van der Waals surface area contributed by atoms with Crippen LogP contribution in [0.15, 0.2) is 66.7 Å². The third kappa shape index (κ3) is 6.09. The van der Waals surface area contributed by atoms with Gasteiger partial charge in [-0.05, 0) is 47.5 Å². The molecule has 1 aliphatic heterocycles. The topological polar surface area (TPSA) is 69.6 Å². The average Bonchev–Trinajstić information content (AvgIpc) is 3.31. The number of nitrogens with zero attached hydrogens (tertiary/aromatic N) is 1. The lowest BCUT2D eigenvalue weighted by atomic mass is 10.1. The van der Waals surface area contributed by atoms with Crippen molar-refractivity contribution < 1.29 is 28.8 Å². The molecule has 7 heteroatoms. The van der Waals surface area contributed by atoms with Crippen LogP contribution in [0.3, 0.4) is 0 Å². The number of hydrogen-bond acceptors (Lipinski definition) is 7. The smallest absolute Gasteiger partial charge is 0.231 e. The van der Waals surface area contributed by atoms with E-state index in [2.05, 4.69) is 4.90 Å². The first kappa shape index (κ1) is 22.8. The summed E-state index contributed by atoms with van der Waals surface area (Å²) >= 11 is 0. The lowest BCUT2D eigenvalue weighted by Crippen LogP contribution is -2.35. The first-order valence-electron chi connectivity index (χ1n) is 10.8. The molecule has 0 radical (unpaired) electrons. The molecule has 1 heterocycles. The maximum absolute atomic E-state index is 10.7. The fourth-order valence-electron chi connectivity index (χ4n) is 3.78. The van der Waals surface area contributed by atoms with Gasteiger partial charge in [0.2, 0.25) is 6.79 Å². The van der Waals surface area contributed by atoms with Crippen molar-refractivity contribution in [2.75, 3.05) is 34.2 Å². The number of benzene rings is 3. The van der Waals surface area contributed by atoms with Gasteiger partial charge in [-0.1, -0.05) is 30.3 Å². The van der Waals surface area contributed by atoms with E-state index in [1.54, 1.807) is 14.2 Å². The van der Waals surface area contributed by atoms with E-state index in [9.17, 15) is 5.11 Å². The van der Waals surface area contributed by atoms with E-state index in [4.69, 9.17) is 23.7 Å². The lowest BCUT2D eigenvalue weighted by Gasteiger charge is -2.26. The van der Waals surface area contributed by atoms with E-state index in [1.807, 2.05) is 66.7 Å². The summed E-state index contributed by atoms with van der Waals surface area (Å²) in [6.45, 7) is 2.09. The van der Waals surface area contributed by atoms with Gasteiger partial charge < -0.3 is 28.8 Å². The molecule has 0 aromatic heterocycles. The van der Waals surface area contributed by atoms with Crippen LogP contribution in [0.25, 0.3) is 0 Å². The van der Waals surface area contributed by atoms with Gasteiger partial charge in [-0.25, -0.2) is 0 Å². The predicted octanol–water partition coefficient (Wildman–Crippen LogP) is 3.87. The molecule has 3 aromatic carbocycles. The van der Waals surface area contributed by atoms with E-state index < -0.39 is 6.10 Å². The Hall–Kier alpha value is -3.42. The number of methoxy groups -OCH3 is 2. The molecule has 174 valence electrons. The maximum Gasteiger partial charge on any atom is 0.231 e. The molecule has 4 rings (SSSR count). The van der Waals surface area contributed by atoms with Crippen molar-refractivity contribution in [3.05, 3.63) is 77.9 Å². The SMILES string of the molecule is COc1ccc(CN(Cc2ccc3c(c2)OCO3)CC(O)COc2ccccc2)cc1OC. The largest absolute Gasteiger partial charge is 0.493 e. The Labute approximate surface area is 194 Å². The molecule has 1 unspecified atom stereocenters. The van der Waals surface area contributed by atoms with Crippen molar-refractivity contribution in [2.24, 2.45) is 0 Å². The van der Waals surface area contributed by atoms with Crippen molar-refractivity contribution in [3.63, 3.8) is 0 Å². The van der Waals surface area contributed by atoms with E-state index >= 15 is 0 Å². The first-order chi connectivity index (χ1) is 16.1. The molecular formula is C26H29NO6. The highest BCUT2D eigenvalue weighted by Gasteiger charge is 2.18. The number of aliphatic hydroxyl groups is 1. The molecule has 0 amide bonds. The van der Waals surface area contributed by atoms with Gasteiger partial charge in [0.15, 0.2) is 23.0 Å². The minimum atomic E-state index is -0.667. The number of ether oxygens (including phenoxy) is 5. The predicted molar refractivity (Wildman–Crippen MR) is 124 cm³/mol. The average molecular weight is 452 g/mol. The summed E-state index contributed by atoms with van der Waals surface area (Å²) < 4.78 is 27.5. The van der Waals surface area contributed by atoms with Crippen molar-refractivity contribution in [1.29, 1.82) is 0 Å². The molecule has 3 aromatic rings. The Kier molecular flexibility index (Phi) is 7.55. The summed E-state index contributed by atoms with van der Waals surface area (Å²) in [6.07, 6.45) is -0.667. The quantitative estimate of drug-likeness (QED) is 0.475. The van der Waals surface area contributed by atoms with E-state index in [-0.39, 0.29) is 13.4 Å². The summed E-state index contributed by atoms with van der Waals surface area (Å²) in [6, 6.07) is 21.3. The highest BCUT2D eigenvalue weighted by Crippen LogP contribution is 2.33. The minimum absolute atomic E-state index is 0.202. The normalized spacial score (nSPS) is 13.1. The fraction of sp³-hybridized carbons (Fsp3) is 0.308. The Balaban J connectivity index is 1.47. The van der Waals surface area contributed by atoms with Gasteiger partial charge in [0.25, 0.3) is 0 Å². The molecular weight excluding hydrogens is 422 g/mol. The number of aliphatic hydroxyl groups excluding tert-OH is 1. The van der Waals surface area contributed by atoms with Crippen LogP contribution in [-0.2, 0) is 13.1 Å². The Morgan fingerprint density at radius 1 is 0.848 bits per heavy atom. The van der Waals surface area contributed by atoms with E-state index in [0.29, 0.717) is 31.1 Å². The summed E-state index contributed by atoms with van der Waals surface area (Å²) in [5.74, 6) is 3.58. The molecule has 0 aliphatic carbocycles. The number of rotatable bonds is 11. The zero-order valence-electron chi connectivity index (χ0n) is 18.9. The van der Waals surface area contributed by atoms with Crippen molar-refractivity contribution in [3.8, 4) is 28.7 Å². The van der Waals surface area contributed by atoms with Crippen molar-refractivity contribution in [1.82, 2.24) is 4.90 Å². The summed E-state index contributed by atoms with van der Waals surface area (Å²) in [7, 11) is 3.24. The Morgan fingerprint density at radius 3 is 2.30 bits per heavy atom. The summed E-state index contributed by atoms with van der Waals surface area (Å²) in [4.78, 5) is 2.16. The molecule has 0 saturated carbocycles. The molecule has 1 N–H and O–H groups in total. The molecule has 1 aliphatic rings. The third-order valence-corrected chi connectivity index (χ3v) is 5.35. The van der Waals surface area contributed by atoms with E-state index in [1.165, 1.54) is 0 Å². The van der Waals surface area contributed by atoms with Crippen molar-refractivity contribution >= 4 is 0 Å². The van der Waals surface area contributed by atoms with Gasteiger partial charge in [0, 0.05) is 19.6 Å². The number of fused-ring (bicyclic) bond motifs is 1. The second kappa shape index (κ2) is 10.9. The second-order valence-electron chi connectivity index (χ2n) is 7.82. The Morgan fingerprint density at radius 2 is 1.55 bits per heavy atom. The van der Waals surface area contributed by atoms with Gasteiger partial charge in [0.05, 0.1) is 14.2 Å². The monoisotopic (exact) mass is 451 g/mol. The minimum Gasteiger partial charge on any atom is -0.493 e. The van der Waals surface area contributed by atoms with Gasteiger partial charge in [-0.3, -0.25) is 4.90 Å². The fourth-order valence-corrected chi connectivity index (χ4v) is 3.78. The standard InChI is InChI=1S/C26H29NO6/c1-29-23-10-8-19(12-25(23)30-2)14-27(15-20-9-11-24-26(13-20)33-18-32-24)16-21(28)17-31-22-6-4-3-5-7-22/h3-13,21,28H,14-18H2,1-2H3. The highest BCUT2D eigenvalue weighted by molar-refractivity contribution is 5.45. The van der Waals surface area contributed by atoms with Gasteiger partial charge >= 0.3 is 0 Å². The number of hydrogen-bond donors (Lipinski definition) is 1. The summed E-state index contributed by atoms with van der Waals surface area (Å²) in [5.41, 5.74) is 2.11. The maximum atomic E-state index is 10.7. The van der Waals surface area contributed by atoms with E-state index in [0.717, 1.165) is 28.4 Å². The van der Waals surface area contributed by atoms with Crippen LogP contribution in [0.1, 0.15) is 11.1 Å². The molecule has 33 heavy (non-hydrogen) atoms. The van der Waals surface area contributed by atoms with Crippen LogP contribution in [0.5, 0.6) is 28.7 Å². The van der Waals surface area contributed by atoms with Crippen LogP contribution in [-0.4, -0.2) is 50.3 Å². The van der Waals surface area contributed by atoms with Gasteiger partial charge in [-0.2, -0.15) is 0 Å². The van der Waals surface area contributed by atoms with Crippen LogP contribution in [0.4, 0.5) is 0 Å². The van der Waals surface area contributed by atoms with Gasteiger partial charge in [0.1, 0.15) is 18.5 Å². The third-order valence-electron chi connectivity index (χ3n) is 5.35. The molecule has 7 nitrogen and oxygen atoms in total. The second-order valence-corrected chi connectivity index (χ2v) is 7.82. The zero-order valence-corrected chi connectivity index (χ0v) is 18.9. The van der Waals surface area contributed by atoms with Crippen LogP contribution in [0.2, 0.25) is 0 Å². The van der Waals surface area contributed by atoms with Crippen LogP contribution < -0.4 is 23.7 Å². The lowest BCUT2D eigenvalue weighted by molar-refractivity contribution is 0.0628. The van der Waals surface area contributed by atoms with Gasteiger partial charge in [-0.15, -0.1) is 0 Å². The molecule has 0 bridgehead atoms. The molecule has 1 atom stereocenters. The van der Waals surface area contributed by atoms with Crippen molar-refractivity contribution in [2.45, 2.75) is 19.2 Å². The zero-order chi connectivity index (χ0) is 23.0. The molecule has 0 fully saturated rings.